The van der Waals surface area contributed by atoms with E-state index >= 15 is 0 Å². The number of nitrogens with zero attached hydrogens (tertiary/aromatic N) is 4. The second-order valence-corrected chi connectivity index (χ2v) is 21.8. The Morgan fingerprint density at radius 2 is 0.588 bits per heavy atom. The summed E-state index contributed by atoms with van der Waals surface area (Å²) >= 11 is 0. The van der Waals surface area contributed by atoms with Crippen molar-refractivity contribution >= 4 is 0 Å². The van der Waals surface area contributed by atoms with Crippen LogP contribution in [-0.2, 0) is 4.74 Å². The van der Waals surface area contributed by atoms with Gasteiger partial charge in [0.15, 0.2) is 0 Å². The van der Waals surface area contributed by atoms with E-state index in [9.17, 15) is 20.4 Å². The fraction of sp³-hybridized carbons (Fsp3) is 1.00. The average Bonchev–Trinajstić information content (AvgIpc) is 3.32. The number of rotatable bonds is 54. The van der Waals surface area contributed by atoms with E-state index in [-0.39, 0.29) is 24.4 Å². The first-order chi connectivity index (χ1) is 33.3. The van der Waals surface area contributed by atoms with Crippen molar-refractivity contribution in [2.24, 2.45) is 0 Å². The van der Waals surface area contributed by atoms with E-state index in [4.69, 9.17) is 4.74 Å². The van der Waals surface area contributed by atoms with Crippen molar-refractivity contribution in [3.8, 4) is 0 Å². The van der Waals surface area contributed by atoms with Crippen molar-refractivity contribution in [3.05, 3.63) is 0 Å². The zero-order valence-electron chi connectivity index (χ0n) is 46.4. The molecule has 0 radical (unpaired) electrons. The van der Waals surface area contributed by atoms with Gasteiger partial charge in [0.1, 0.15) is 0 Å². The molecule has 0 saturated carbocycles. The molecular weight excluding hydrogens is 845 g/mol. The van der Waals surface area contributed by atoms with Gasteiger partial charge < -0.3 is 30.1 Å². The summed E-state index contributed by atoms with van der Waals surface area (Å²) in [5.74, 6) is 0. The third-order valence-corrected chi connectivity index (χ3v) is 15.0. The maximum atomic E-state index is 11.1. The third-order valence-electron chi connectivity index (χ3n) is 15.0. The highest BCUT2D eigenvalue weighted by molar-refractivity contribution is 4.75. The third kappa shape index (κ3) is 43.2. The molecule has 0 aliphatic carbocycles. The van der Waals surface area contributed by atoms with Gasteiger partial charge >= 0.3 is 0 Å². The van der Waals surface area contributed by atoms with E-state index in [0.717, 1.165) is 110 Å². The van der Waals surface area contributed by atoms with Crippen LogP contribution in [-0.4, -0.2) is 156 Å². The van der Waals surface area contributed by atoms with Crippen LogP contribution in [0.15, 0.2) is 0 Å². The van der Waals surface area contributed by atoms with Crippen molar-refractivity contribution in [2.45, 2.75) is 290 Å². The molecule has 4 atom stereocenters. The zero-order chi connectivity index (χ0) is 49.4. The first-order valence-electron chi connectivity index (χ1n) is 30.5. The van der Waals surface area contributed by atoms with Gasteiger partial charge in [-0.15, -0.1) is 0 Å². The van der Waals surface area contributed by atoms with E-state index in [1.807, 2.05) is 0 Å². The van der Waals surface area contributed by atoms with Crippen molar-refractivity contribution in [1.82, 2.24) is 19.6 Å². The number of ether oxygens (including phenoxy) is 1. The number of piperazine rings is 1. The fourth-order valence-electron chi connectivity index (χ4n) is 10.4. The van der Waals surface area contributed by atoms with Gasteiger partial charge in [-0.05, 0) is 45.2 Å². The SMILES string of the molecule is CCCCCCCCCCC(O)CN(CCCN1CCN(CCOCCN(CC(O)CCCCCCCCCC)CC(O)CCCCCCCCCC)CC1)CC(O)CCCCCCCCCC. The van der Waals surface area contributed by atoms with Gasteiger partial charge in [-0.3, -0.25) is 14.7 Å². The Balaban J connectivity index is 2.48. The largest absolute Gasteiger partial charge is 0.392 e. The van der Waals surface area contributed by atoms with E-state index in [2.05, 4.69) is 47.3 Å². The Labute approximate surface area is 424 Å². The van der Waals surface area contributed by atoms with Crippen LogP contribution in [0.5, 0.6) is 0 Å². The number of unbranched alkanes of at least 4 members (excludes halogenated alkanes) is 28. The second kappa shape index (κ2) is 50.2. The minimum absolute atomic E-state index is 0.313. The van der Waals surface area contributed by atoms with E-state index in [0.29, 0.717) is 39.4 Å². The summed E-state index contributed by atoms with van der Waals surface area (Å²) in [6, 6.07) is 0. The van der Waals surface area contributed by atoms with Crippen molar-refractivity contribution in [3.63, 3.8) is 0 Å². The number of hydrogen-bond acceptors (Lipinski definition) is 9. The molecule has 1 aliphatic heterocycles. The van der Waals surface area contributed by atoms with Crippen molar-refractivity contribution in [1.29, 1.82) is 0 Å². The maximum absolute atomic E-state index is 11.1. The van der Waals surface area contributed by atoms with Gasteiger partial charge in [-0.25, -0.2) is 0 Å². The molecule has 1 heterocycles. The second-order valence-electron chi connectivity index (χ2n) is 21.8. The van der Waals surface area contributed by atoms with Crippen LogP contribution < -0.4 is 0 Å². The minimum Gasteiger partial charge on any atom is -0.392 e. The van der Waals surface area contributed by atoms with E-state index in [1.165, 1.54) is 180 Å². The molecule has 68 heavy (non-hydrogen) atoms. The highest BCUT2D eigenvalue weighted by Gasteiger charge is 2.20. The van der Waals surface area contributed by atoms with Gasteiger partial charge in [0.05, 0.1) is 37.6 Å². The van der Waals surface area contributed by atoms with E-state index < -0.39 is 0 Å². The van der Waals surface area contributed by atoms with Crippen LogP contribution in [0.3, 0.4) is 0 Å². The summed E-state index contributed by atoms with van der Waals surface area (Å²) in [4.78, 5) is 9.76. The lowest BCUT2D eigenvalue weighted by atomic mass is 10.0. The first-order valence-corrected chi connectivity index (χ1v) is 30.5. The molecule has 0 aromatic heterocycles. The summed E-state index contributed by atoms with van der Waals surface area (Å²) in [5, 5.41) is 44.2. The molecule has 1 rings (SSSR count). The van der Waals surface area contributed by atoms with Gasteiger partial charge in [-0.1, -0.05) is 233 Å². The number of aliphatic hydroxyl groups is 4. The van der Waals surface area contributed by atoms with Crippen LogP contribution in [0, 0.1) is 0 Å². The number of hydrogen-bond donors (Lipinski definition) is 4. The Kier molecular flexibility index (Phi) is 48.5. The molecule has 4 unspecified atom stereocenters. The van der Waals surface area contributed by atoms with Gasteiger partial charge in [0.25, 0.3) is 0 Å². The molecule has 9 heteroatoms. The Bertz CT molecular complexity index is 933. The average molecular weight is 968 g/mol. The van der Waals surface area contributed by atoms with Gasteiger partial charge in [-0.2, -0.15) is 0 Å². The maximum Gasteiger partial charge on any atom is 0.0667 e. The summed E-state index contributed by atoms with van der Waals surface area (Å²) in [6.07, 6.45) is 44.2. The summed E-state index contributed by atoms with van der Waals surface area (Å²) in [5.41, 5.74) is 0. The monoisotopic (exact) mass is 967 g/mol. The highest BCUT2D eigenvalue weighted by Crippen LogP contribution is 2.17. The lowest BCUT2D eigenvalue weighted by Gasteiger charge is -2.35. The highest BCUT2D eigenvalue weighted by atomic mass is 16.5. The molecule has 408 valence electrons. The summed E-state index contributed by atoms with van der Waals surface area (Å²) < 4.78 is 6.22. The van der Waals surface area contributed by atoms with Crippen LogP contribution in [0.4, 0.5) is 0 Å². The molecular formula is C59H122N4O5. The molecule has 0 aromatic rings. The molecule has 0 spiro atoms. The Hall–Kier alpha value is -0.360. The predicted octanol–water partition coefficient (Wildman–Crippen LogP) is 13.2. The quantitative estimate of drug-likeness (QED) is 0.0444. The minimum atomic E-state index is -0.350. The molecule has 0 amide bonds. The van der Waals surface area contributed by atoms with Crippen LogP contribution in [0.1, 0.15) is 265 Å². The first kappa shape index (κ1) is 65.7. The van der Waals surface area contributed by atoms with Gasteiger partial charge in [0.2, 0.25) is 0 Å². The smallest absolute Gasteiger partial charge is 0.0667 e. The predicted molar refractivity (Wildman–Crippen MR) is 294 cm³/mol. The number of aliphatic hydroxyl groups excluding tert-OH is 4. The van der Waals surface area contributed by atoms with Crippen LogP contribution in [0.25, 0.3) is 0 Å². The van der Waals surface area contributed by atoms with Crippen molar-refractivity contribution < 1.29 is 25.2 Å². The normalized spacial score (nSPS) is 15.8. The topological polar surface area (TPSA) is 103 Å². The van der Waals surface area contributed by atoms with Crippen molar-refractivity contribution in [2.75, 3.05) is 91.8 Å². The molecule has 1 aliphatic rings. The molecule has 0 bridgehead atoms. The molecule has 9 nitrogen and oxygen atoms in total. The fourth-order valence-corrected chi connectivity index (χ4v) is 10.4. The molecule has 1 fully saturated rings. The zero-order valence-corrected chi connectivity index (χ0v) is 46.4. The van der Waals surface area contributed by atoms with Crippen LogP contribution in [0.2, 0.25) is 0 Å². The van der Waals surface area contributed by atoms with E-state index in [1.54, 1.807) is 0 Å². The molecule has 1 saturated heterocycles. The van der Waals surface area contributed by atoms with Gasteiger partial charge in [0, 0.05) is 65.4 Å². The molecule has 0 aromatic carbocycles. The standard InChI is InChI=1S/C59H122N4O5/c1-5-9-13-17-21-25-29-33-38-56(64)52-62(53-57(65)39-34-30-26-22-18-14-10-6-2)43-37-42-60-44-46-61(47-45-60)48-50-68-51-49-63(54-58(66)40-35-31-27-23-19-15-11-7-3)55-59(67)41-36-32-28-24-20-16-12-8-4/h56-59,64-67H,5-55H2,1-4H3. The summed E-state index contributed by atoms with van der Waals surface area (Å²) in [6.45, 7) is 21.0. The Morgan fingerprint density at radius 3 is 0.897 bits per heavy atom. The molecule has 4 N–H and O–H groups in total. The lowest BCUT2D eigenvalue weighted by molar-refractivity contribution is 0.0298. The van der Waals surface area contributed by atoms with Crippen LogP contribution >= 0.6 is 0 Å². The Morgan fingerprint density at radius 1 is 0.324 bits per heavy atom. The summed E-state index contributed by atoms with van der Waals surface area (Å²) in [7, 11) is 0. The lowest BCUT2D eigenvalue weighted by Crippen LogP contribution is -2.48.